The van der Waals surface area contributed by atoms with Crippen molar-refractivity contribution in [3.63, 3.8) is 0 Å². The summed E-state index contributed by atoms with van der Waals surface area (Å²) in [5, 5.41) is 20.1. The molecule has 0 aromatic carbocycles. The van der Waals surface area contributed by atoms with E-state index < -0.39 is 5.97 Å². The number of rotatable bonds is 9. The Bertz CT molecular complexity index is 792. The lowest BCUT2D eigenvalue weighted by atomic mass is 9.44. The minimum Gasteiger partial charge on any atom is -0.481 e. The molecule has 2 unspecified atom stereocenters. The molecule has 35 heavy (non-hydrogen) atoms. The molecule has 4 aliphatic carbocycles. The van der Waals surface area contributed by atoms with E-state index in [1.54, 1.807) is 0 Å². The number of halogens is 1. The van der Waals surface area contributed by atoms with Crippen LogP contribution in [0.5, 0.6) is 0 Å². The molecule has 0 amide bonds. The minimum atomic E-state index is -0.721. The van der Waals surface area contributed by atoms with Crippen molar-refractivity contribution in [1.82, 2.24) is 0 Å². The lowest BCUT2D eigenvalue weighted by molar-refractivity contribution is -0.137. The van der Waals surface area contributed by atoms with E-state index >= 15 is 0 Å². The summed E-state index contributed by atoms with van der Waals surface area (Å²) in [6, 6.07) is 0. The number of hydrogen-bond acceptors (Lipinski definition) is 2. The normalized spacial score (nSPS) is 42.6. The number of aliphatic hydroxyl groups is 1. The average molecular weight is 552 g/mol. The van der Waals surface area contributed by atoms with Crippen LogP contribution in [0.2, 0.25) is 0 Å². The van der Waals surface area contributed by atoms with Gasteiger partial charge in [0.05, 0.1) is 6.10 Å². The van der Waals surface area contributed by atoms with E-state index in [1.807, 2.05) is 0 Å². The average Bonchev–Trinajstić information content (AvgIpc) is 3.14. The highest BCUT2D eigenvalue weighted by Crippen LogP contribution is 2.68. The van der Waals surface area contributed by atoms with Crippen molar-refractivity contribution in [2.75, 3.05) is 0 Å². The van der Waals surface area contributed by atoms with E-state index in [2.05, 4.69) is 56.6 Å². The third-order valence-corrected chi connectivity index (χ3v) is 12.7. The lowest BCUT2D eigenvalue weighted by Gasteiger charge is -2.61. The first-order valence-corrected chi connectivity index (χ1v) is 15.6. The number of fused-ring (bicyclic) bond motifs is 5. The number of allylic oxidation sites excluding steroid dienone is 1. The van der Waals surface area contributed by atoms with Gasteiger partial charge >= 0.3 is 5.97 Å². The Balaban J connectivity index is 1.55. The van der Waals surface area contributed by atoms with E-state index in [4.69, 9.17) is 0 Å². The van der Waals surface area contributed by atoms with Crippen LogP contribution in [-0.2, 0) is 4.79 Å². The summed E-state index contributed by atoms with van der Waals surface area (Å²) >= 11 is 3.94. The predicted molar refractivity (Wildman–Crippen MR) is 148 cm³/mol. The first-order valence-electron chi connectivity index (χ1n) is 14.7. The van der Waals surface area contributed by atoms with Gasteiger partial charge in [-0.2, -0.15) is 0 Å². The molecule has 0 saturated heterocycles. The van der Waals surface area contributed by atoms with Crippen LogP contribution in [0.4, 0.5) is 0 Å². The largest absolute Gasteiger partial charge is 0.481 e. The quantitative estimate of drug-likeness (QED) is 0.224. The Morgan fingerprint density at radius 3 is 2.51 bits per heavy atom. The number of aliphatic carboxylic acids is 1. The maximum Gasteiger partial charge on any atom is 0.303 e. The van der Waals surface area contributed by atoms with Gasteiger partial charge in [-0.05, 0) is 104 Å². The summed E-state index contributed by atoms with van der Waals surface area (Å²) in [5.74, 6) is 4.30. The van der Waals surface area contributed by atoms with Gasteiger partial charge in [0.15, 0.2) is 0 Å². The second kappa shape index (κ2) is 10.8. The summed E-state index contributed by atoms with van der Waals surface area (Å²) in [5.41, 5.74) is 2.03. The number of carboxylic acid groups (broad SMARTS) is 1. The molecule has 0 bridgehead atoms. The Morgan fingerprint density at radius 2 is 1.83 bits per heavy atom. The zero-order valence-corrected chi connectivity index (χ0v) is 24.5. The molecule has 4 heteroatoms. The molecule has 2 N–H and O–H groups in total. The molecule has 0 aromatic heterocycles. The molecule has 0 aliphatic heterocycles. The summed E-state index contributed by atoms with van der Waals surface area (Å²) in [4.78, 5) is 11.4. The van der Waals surface area contributed by atoms with E-state index in [0.717, 1.165) is 42.4 Å². The van der Waals surface area contributed by atoms with Crippen LogP contribution in [0.15, 0.2) is 11.6 Å². The van der Waals surface area contributed by atoms with Crippen molar-refractivity contribution >= 4 is 21.9 Å². The Hall–Kier alpha value is -0.350. The van der Waals surface area contributed by atoms with Gasteiger partial charge in [-0.1, -0.05) is 81.5 Å². The zero-order chi connectivity index (χ0) is 25.5. The van der Waals surface area contributed by atoms with E-state index in [9.17, 15) is 15.0 Å². The molecule has 200 valence electrons. The smallest absolute Gasteiger partial charge is 0.303 e. The number of alkyl halides is 1. The van der Waals surface area contributed by atoms with Gasteiger partial charge in [0.2, 0.25) is 0 Å². The van der Waals surface area contributed by atoms with Gasteiger partial charge in [0.1, 0.15) is 0 Å². The third kappa shape index (κ3) is 5.18. The van der Waals surface area contributed by atoms with Gasteiger partial charge in [0.25, 0.3) is 0 Å². The van der Waals surface area contributed by atoms with Gasteiger partial charge in [-0.15, -0.1) is 0 Å². The Kier molecular flexibility index (Phi) is 8.54. The van der Waals surface area contributed by atoms with Crippen LogP contribution >= 0.6 is 15.9 Å². The summed E-state index contributed by atoms with van der Waals surface area (Å²) in [6.45, 7) is 12.4. The molecule has 3 saturated carbocycles. The lowest BCUT2D eigenvalue weighted by Crippen LogP contribution is -2.55. The molecule has 0 heterocycles. The molecule has 0 spiro atoms. The van der Waals surface area contributed by atoms with Gasteiger partial charge in [-0.3, -0.25) is 4.79 Å². The number of carboxylic acids is 1. The minimum absolute atomic E-state index is 0.0805. The maximum atomic E-state index is 11.3. The van der Waals surface area contributed by atoms with Gasteiger partial charge < -0.3 is 10.2 Å². The van der Waals surface area contributed by atoms with Crippen molar-refractivity contribution in [1.29, 1.82) is 0 Å². The molecule has 10 atom stereocenters. The highest BCUT2D eigenvalue weighted by molar-refractivity contribution is 9.09. The number of carbonyl (C=O) groups is 1. The first kappa shape index (κ1) is 27.7. The second-order valence-corrected chi connectivity index (χ2v) is 15.0. The zero-order valence-electron chi connectivity index (χ0n) is 22.9. The van der Waals surface area contributed by atoms with Gasteiger partial charge in [-0.25, -0.2) is 0 Å². The fraction of sp³-hybridized carbons (Fsp3) is 0.903. The second-order valence-electron chi connectivity index (χ2n) is 13.8. The molecule has 4 rings (SSSR count). The van der Waals surface area contributed by atoms with Crippen LogP contribution in [-0.4, -0.2) is 27.1 Å². The molecule has 4 aliphatic rings. The summed E-state index contributed by atoms with van der Waals surface area (Å²) < 4.78 is 0. The van der Waals surface area contributed by atoms with Gasteiger partial charge in [0, 0.05) is 11.2 Å². The van der Waals surface area contributed by atoms with E-state index in [0.29, 0.717) is 23.7 Å². The van der Waals surface area contributed by atoms with Crippen LogP contribution in [0, 0.1) is 52.3 Å². The van der Waals surface area contributed by atoms with Crippen molar-refractivity contribution in [2.24, 2.45) is 52.3 Å². The summed E-state index contributed by atoms with van der Waals surface area (Å²) in [7, 11) is 0. The summed E-state index contributed by atoms with van der Waals surface area (Å²) in [6.07, 6.45) is 15.4. The molecule has 3 fully saturated rings. The highest BCUT2D eigenvalue weighted by Gasteiger charge is 2.61. The van der Waals surface area contributed by atoms with Crippen LogP contribution in [0.3, 0.4) is 0 Å². The predicted octanol–water partition coefficient (Wildman–Crippen LogP) is 8.24. The van der Waals surface area contributed by atoms with Crippen LogP contribution in [0.25, 0.3) is 0 Å². The monoisotopic (exact) mass is 550 g/mol. The SMILES string of the molecule is CC(C)CCC[C@@H](C)[C@H]1CC[C@H]2[C@@H]3CC=C4C[C@@H](O)CC(C(Br)CCC(=O)O)[C@]4(C)[C@H]3CC[C@]12C. The van der Waals surface area contributed by atoms with Crippen LogP contribution < -0.4 is 0 Å². The van der Waals surface area contributed by atoms with E-state index in [-0.39, 0.29) is 22.8 Å². The van der Waals surface area contributed by atoms with Crippen molar-refractivity contribution in [3.8, 4) is 0 Å². The molecule has 0 radical (unpaired) electrons. The van der Waals surface area contributed by atoms with Crippen molar-refractivity contribution in [3.05, 3.63) is 11.6 Å². The van der Waals surface area contributed by atoms with Crippen molar-refractivity contribution < 1.29 is 15.0 Å². The highest BCUT2D eigenvalue weighted by atomic mass is 79.9. The van der Waals surface area contributed by atoms with E-state index in [1.165, 1.54) is 56.9 Å². The Morgan fingerprint density at radius 1 is 1.09 bits per heavy atom. The fourth-order valence-electron chi connectivity index (χ4n) is 9.80. The molecular formula is C31H51BrO3. The van der Waals surface area contributed by atoms with Crippen LogP contribution in [0.1, 0.15) is 112 Å². The number of aliphatic hydroxyl groups excluding tert-OH is 1. The fourth-order valence-corrected chi connectivity index (χ4v) is 10.8. The third-order valence-electron chi connectivity index (χ3n) is 11.6. The Labute approximate surface area is 223 Å². The molecule has 3 nitrogen and oxygen atoms in total. The molecular weight excluding hydrogens is 500 g/mol. The topological polar surface area (TPSA) is 57.5 Å². The first-order chi connectivity index (χ1) is 16.5. The number of hydrogen-bond donors (Lipinski definition) is 2. The molecule has 0 aromatic rings. The van der Waals surface area contributed by atoms with Crippen molar-refractivity contribution in [2.45, 2.75) is 123 Å². The standard InChI is InChI=1S/C31H51BrO3/c1-19(2)7-6-8-20(3)24-11-12-25-23-10-9-21-17-22(33)18-27(28(32)13-14-29(34)35)31(21,5)26(23)15-16-30(24,25)4/h9,19-20,22-28,33H,6-8,10-18H2,1-5H3,(H,34,35)/t20-,22-,23+,24-,25+,26+,27?,28?,30-,31+/m1/s1. The maximum absolute atomic E-state index is 11.3.